The van der Waals surface area contributed by atoms with Gasteiger partial charge in [0.25, 0.3) is 0 Å². The molecule has 7 nitrogen and oxygen atoms in total. The van der Waals surface area contributed by atoms with Crippen molar-refractivity contribution in [3.63, 3.8) is 0 Å². The minimum Gasteiger partial charge on any atom is -0.355 e. The Labute approximate surface area is 187 Å². The Kier molecular flexibility index (Phi) is 8.31. The van der Waals surface area contributed by atoms with Gasteiger partial charge in [-0.2, -0.15) is 0 Å². The Balaban J connectivity index is 2.40. The molecule has 1 atom stereocenters. The molecule has 1 N–H and O–H groups in total. The first-order valence-electron chi connectivity index (χ1n) is 9.99. The second-order valence-electron chi connectivity index (χ2n) is 7.45. The van der Waals surface area contributed by atoms with Crippen LogP contribution in [0.25, 0.3) is 0 Å². The van der Waals surface area contributed by atoms with Crippen molar-refractivity contribution in [2.75, 3.05) is 23.7 Å². The molecule has 0 saturated carbocycles. The summed E-state index contributed by atoms with van der Waals surface area (Å²) in [6.07, 6.45) is 0.861. The summed E-state index contributed by atoms with van der Waals surface area (Å²) in [6, 6.07) is 9.03. The normalized spacial score (nSPS) is 12.2. The van der Waals surface area contributed by atoms with Gasteiger partial charge in [-0.15, -0.1) is 0 Å². The van der Waals surface area contributed by atoms with Crippen molar-refractivity contribution in [3.05, 3.63) is 65.2 Å². The summed E-state index contributed by atoms with van der Waals surface area (Å²) in [5.74, 6) is -3.44. The van der Waals surface area contributed by atoms with Gasteiger partial charge in [0.15, 0.2) is 11.6 Å². The van der Waals surface area contributed by atoms with E-state index in [9.17, 15) is 26.8 Å². The van der Waals surface area contributed by atoms with Gasteiger partial charge >= 0.3 is 0 Å². The van der Waals surface area contributed by atoms with Crippen LogP contribution in [-0.4, -0.2) is 50.5 Å². The van der Waals surface area contributed by atoms with Gasteiger partial charge in [-0.25, -0.2) is 17.2 Å². The lowest BCUT2D eigenvalue weighted by atomic mass is 10.1. The number of carbonyl (C=O) groups is 2. The molecule has 0 fully saturated rings. The first kappa shape index (κ1) is 25.3. The molecule has 0 aromatic heterocycles. The molecule has 174 valence electrons. The van der Waals surface area contributed by atoms with Crippen molar-refractivity contribution < 1.29 is 26.8 Å². The Morgan fingerprint density at radius 3 is 2.34 bits per heavy atom. The number of anilines is 1. The molecular formula is C22H27F2N3O4S. The van der Waals surface area contributed by atoms with E-state index < -0.39 is 46.1 Å². The summed E-state index contributed by atoms with van der Waals surface area (Å²) in [7, 11) is -4.02. The topological polar surface area (TPSA) is 86.8 Å². The first-order chi connectivity index (χ1) is 14.9. The molecule has 2 amide bonds. The second-order valence-corrected chi connectivity index (χ2v) is 9.36. The van der Waals surface area contributed by atoms with Gasteiger partial charge < -0.3 is 10.2 Å². The summed E-state index contributed by atoms with van der Waals surface area (Å²) < 4.78 is 52.4. The van der Waals surface area contributed by atoms with E-state index in [2.05, 4.69) is 5.32 Å². The number of halogens is 2. The van der Waals surface area contributed by atoms with Crippen molar-refractivity contribution in [2.45, 2.75) is 33.4 Å². The fourth-order valence-electron chi connectivity index (χ4n) is 3.17. The van der Waals surface area contributed by atoms with Crippen LogP contribution in [0.4, 0.5) is 14.5 Å². The maximum Gasteiger partial charge on any atom is 0.244 e. The van der Waals surface area contributed by atoms with Gasteiger partial charge in [-0.1, -0.05) is 29.8 Å². The third kappa shape index (κ3) is 6.49. The highest BCUT2D eigenvalue weighted by molar-refractivity contribution is 7.92. The van der Waals surface area contributed by atoms with Crippen molar-refractivity contribution in [3.8, 4) is 0 Å². The third-order valence-electron chi connectivity index (χ3n) is 4.82. The number of nitrogens with zero attached hydrogens (tertiary/aromatic N) is 2. The van der Waals surface area contributed by atoms with E-state index in [4.69, 9.17) is 0 Å². The lowest BCUT2D eigenvalue weighted by molar-refractivity contribution is -0.139. The van der Waals surface area contributed by atoms with Gasteiger partial charge in [0.1, 0.15) is 12.6 Å². The van der Waals surface area contributed by atoms with Crippen LogP contribution < -0.4 is 9.62 Å². The van der Waals surface area contributed by atoms with E-state index in [1.165, 1.54) is 4.90 Å². The average molecular weight is 468 g/mol. The summed E-state index contributed by atoms with van der Waals surface area (Å²) >= 11 is 0. The van der Waals surface area contributed by atoms with Crippen LogP contribution in [0.3, 0.4) is 0 Å². The molecule has 2 rings (SSSR count). The summed E-state index contributed by atoms with van der Waals surface area (Å²) in [5.41, 5.74) is 1.52. The summed E-state index contributed by atoms with van der Waals surface area (Å²) in [6.45, 7) is 4.91. The zero-order valence-electron chi connectivity index (χ0n) is 18.4. The molecule has 0 heterocycles. The van der Waals surface area contributed by atoms with E-state index in [0.717, 1.165) is 29.5 Å². The Hall–Kier alpha value is -3.01. The van der Waals surface area contributed by atoms with Crippen LogP contribution in [0.2, 0.25) is 0 Å². The van der Waals surface area contributed by atoms with Gasteiger partial charge in [-0.3, -0.25) is 13.9 Å². The summed E-state index contributed by atoms with van der Waals surface area (Å²) in [5, 5.41) is 2.65. The maximum absolute atomic E-state index is 13.7. The van der Waals surface area contributed by atoms with E-state index >= 15 is 0 Å². The number of carbonyl (C=O) groups excluding carboxylic acids is 2. The van der Waals surface area contributed by atoms with Crippen molar-refractivity contribution in [2.24, 2.45) is 0 Å². The number of benzene rings is 2. The molecule has 0 aliphatic carbocycles. The fourth-order valence-corrected chi connectivity index (χ4v) is 4.01. The lowest BCUT2D eigenvalue weighted by Crippen LogP contribution is -2.51. The van der Waals surface area contributed by atoms with E-state index in [1.54, 1.807) is 19.9 Å². The second kappa shape index (κ2) is 10.5. The minimum atomic E-state index is -4.02. The van der Waals surface area contributed by atoms with Crippen LogP contribution in [0.5, 0.6) is 0 Å². The van der Waals surface area contributed by atoms with Crippen LogP contribution >= 0.6 is 0 Å². The smallest absolute Gasteiger partial charge is 0.244 e. The molecular weight excluding hydrogens is 440 g/mol. The summed E-state index contributed by atoms with van der Waals surface area (Å²) in [4.78, 5) is 27.0. The number of aryl methyl sites for hydroxylation is 1. The standard InChI is InChI=1S/C22H27F2N3O4S/c1-5-25-22(29)16(3)26(13-17-8-6-7-15(2)11-17)21(28)14-27(32(4,30)31)18-9-10-19(23)20(24)12-18/h6-12,16H,5,13-14H2,1-4H3,(H,25,29). The number of hydrogen-bond donors (Lipinski definition) is 1. The largest absolute Gasteiger partial charge is 0.355 e. The monoisotopic (exact) mass is 467 g/mol. The highest BCUT2D eigenvalue weighted by Crippen LogP contribution is 2.21. The predicted octanol–water partition coefficient (Wildman–Crippen LogP) is 2.59. The number of likely N-dealkylation sites (N-methyl/N-ethyl adjacent to an activating group) is 1. The van der Waals surface area contributed by atoms with Crippen LogP contribution in [0.1, 0.15) is 25.0 Å². The first-order valence-corrected chi connectivity index (χ1v) is 11.8. The average Bonchev–Trinajstić information content (AvgIpc) is 2.71. The predicted molar refractivity (Wildman–Crippen MR) is 118 cm³/mol. The number of nitrogens with one attached hydrogen (secondary N) is 1. The third-order valence-corrected chi connectivity index (χ3v) is 5.96. The molecule has 0 radical (unpaired) electrons. The highest BCUT2D eigenvalue weighted by Gasteiger charge is 2.30. The highest BCUT2D eigenvalue weighted by atomic mass is 32.2. The van der Waals surface area contributed by atoms with E-state index in [0.29, 0.717) is 16.9 Å². The minimum absolute atomic E-state index is 0.0637. The lowest BCUT2D eigenvalue weighted by Gasteiger charge is -2.31. The number of hydrogen-bond acceptors (Lipinski definition) is 4. The van der Waals surface area contributed by atoms with Crippen molar-refractivity contribution >= 4 is 27.5 Å². The Morgan fingerprint density at radius 1 is 1.09 bits per heavy atom. The number of amides is 2. The molecule has 0 aliphatic heterocycles. The molecule has 32 heavy (non-hydrogen) atoms. The van der Waals surface area contributed by atoms with Gasteiger partial charge in [0.2, 0.25) is 21.8 Å². The van der Waals surface area contributed by atoms with Gasteiger partial charge in [0, 0.05) is 19.2 Å². The van der Waals surface area contributed by atoms with Gasteiger partial charge in [0.05, 0.1) is 11.9 Å². The number of rotatable bonds is 9. The molecule has 0 spiro atoms. The SMILES string of the molecule is CCNC(=O)C(C)N(Cc1cccc(C)c1)C(=O)CN(c1ccc(F)c(F)c1)S(C)(=O)=O. The van der Waals surface area contributed by atoms with Crippen LogP contribution in [0, 0.1) is 18.6 Å². The fraction of sp³-hybridized carbons (Fsp3) is 0.364. The molecule has 10 heteroatoms. The Morgan fingerprint density at radius 2 is 1.78 bits per heavy atom. The molecule has 0 bridgehead atoms. The zero-order valence-corrected chi connectivity index (χ0v) is 19.2. The van der Waals surface area contributed by atoms with E-state index in [1.807, 2.05) is 25.1 Å². The van der Waals surface area contributed by atoms with Gasteiger partial charge in [-0.05, 0) is 38.5 Å². The molecule has 0 aliphatic rings. The molecule has 0 saturated heterocycles. The van der Waals surface area contributed by atoms with Crippen LogP contribution in [0.15, 0.2) is 42.5 Å². The number of sulfonamides is 1. The van der Waals surface area contributed by atoms with Crippen molar-refractivity contribution in [1.82, 2.24) is 10.2 Å². The zero-order chi connectivity index (χ0) is 24.1. The van der Waals surface area contributed by atoms with Crippen LogP contribution in [-0.2, 0) is 26.2 Å². The van der Waals surface area contributed by atoms with Crippen molar-refractivity contribution in [1.29, 1.82) is 0 Å². The molecule has 2 aromatic carbocycles. The van der Waals surface area contributed by atoms with E-state index in [-0.39, 0.29) is 12.2 Å². The quantitative estimate of drug-likeness (QED) is 0.614. The Bertz CT molecular complexity index is 1090. The molecule has 1 unspecified atom stereocenters. The maximum atomic E-state index is 13.7. The molecule has 2 aromatic rings.